The van der Waals surface area contributed by atoms with Gasteiger partial charge in [0, 0.05) is 12.1 Å². The van der Waals surface area contributed by atoms with Crippen LogP contribution < -0.4 is 10.1 Å². The van der Waals surface area contributed by atoms with Crippen LogP contribution in [0.15, 0.2) is 24.8 Å². The third-order valence-electron chi connectivity index (χ3n) is 2.19. The van der Waals surface area contributed by atoms with Crippen LogP contribution in [0, 0.1) is 0 Å². The fourth-order valence-corrected chi connectivity index (χ4v) is 1.46. The van der Waals surface area contributed by atoms with E-state index in [-0.39, 0.29) is 5.75 Å². The zero-order chi connectivity index (χ0) is 12.0. The minimum atomic E-state index is 0.122. The van der Waals surface area contributed by atoms with Crippen LogP contribution in [0.3, 0.4) is 0 Å². The number of ether oxygens (including phenoxy) is 1. The Morgan fingerprint density at radius 1 is 1.56 bits per heavy atom. The number of hydrogen-bond donors (Lipinski definition) is 2. The number of amides is 1. The summed E-state index contributed by atoms with van der Waals surface area (Å²) in [7, 11) is 1.49. The normalized spacial score (nSPS) is 9.56. The number of phenols is 1. The van der Waals surface area contributed by atoms with Gasteiger partial charge < -0.3 is 15.2 Å². The highest BCUT2D eigenvalue weighted by atomic mass is 16.5. The van der Waals surface area contributed by atoms with Crippen molar-refractivity contribution in [2.45, 2.75) is 13.0 Å². The molecule has 0 radical (unpaired) electrons. The minimum absolute atomic E-state index is 0.122. The molecule has 0 heterocycles. The van der Waals surface area contributed by atoms with Crippen LogP contribution in [0.2, 0.25) is 0 Å². The summed E-state index contributed by atoms with van der Waals surface area (Å²) >= 11 is 0. The number of methoxy groups -OCH3 is 1. The van der Waals surface area contributed by atoms with E-state index in [0.717, 1.165) is 11.1 Å². The molecule has 0 atom stereocenters. The molecule has 4 heteroatoms. The van der Waals surface area contributed by atoms with Crippen LogP contribution in [0.1, 0.15) is 11.1 Å². The lowest BCUT2D eigenvalue weighted by Crippen LogP contribution is -2.10. The molecule has 0 aromatic heterocycles. The summed E-state index contributed by atoms with van der Waals surface area (Å²) in [6, 6.07) is 3.51. The molecule has 16 heavy (non-hydrogen) atoms. The fourth-order valence-electron chi connectivity index (χ4n) is 1.46. The van der Waals surface area contributed by atoms with Crippen LogP contribution in [0.25, 0.3) is 0 Å². The Morgan fingerprint density at radius 3 is 2.88 bits per heavy atom. The standard InChI is InChI=1S/C12H15NO3/c1-3-4-10-5-9(7-13-8-14)6-11(16-2)12(10)15/h3,5-6,8,15H,1,4,7H2,2H3,(H,13,14). The zero-order valence-corrected chi connectivity index (χ0v) is 9.19. The molecular formula is C12H15NO3. The summed E-state index contributed by atoms with van der Waals surface area (Å²) in [6.07, 6.45) is 2.88. The summed E-state index contributed by atoms with van der Waals surface area (Å²) in [4.78, 5) is 10.2. The Bertz CT molecular complexity index is 388. The predicted molar refractivity (Wildman–Crippen MR) is 61.5 cm³/mol. The van der Waals surface area contributed by atoms with Crippen LogP contribution >= 0.6 is 0 Å². The van der Waals surface area contributed by atoms with Crippen molar-refractivity contribution in [1.29, 1.82) is 0 Å². The minimum Gasteiger partial charge on any atom is -0.504 e. The van der Waals surface area contributed by atoms with Crippen molar-refractivity contribution >= 4 is 6.41 Å². The molecule has 0 saturated carbocycles. The first-order valence-electron chi connectivity index (χ1n) is 4.89. The van der Waals surface area contributed by atoms with Crippen molar-refractivity contribution in [3.8, 4) is 11.5 Å². The van der Waals surface area contributed by atoms with Gasteiger partial charge in [0.2, 0.25) is 6.41 Å². The number of phenolic OH excluding ortho intramolecular Hbond substituents is 1. The Hall–Kier alpha value is -1.97. The average molecular weight is 221 g/mol. The van der Waals surface area contributed by atoms with E-state index in [1.54, 1.807) is 12.1 Å². The molecule has 0 aliphatic heterocycles. The number of benzene rings is 1. The molecule has 0 unspecified atom stereocenters. The first-order chi connectivity index (χ1) is 7.72. The highest BCUT2D eigenvalue weighted by Crippen LogP contribution is 2.31. The number of allylic oxidation sites excluding steroid dienone is 1. The smallest absolute Gasteiger partial charge is 0.207 e. The number of aromatic hydroxyl groups is 1. The summed E-state index contributed by atoms with van der Waals surface area (Å²) in [5.41, 5.74) is 1.61. The molecule has 1 rings (SSSR count). The Morgan fingerprint density at radius 2 is 2.31 bits per heavy atom. The van der Waals surface area contributed by atoms with Gasteiger partial charge in [-0.15, -0.1) is 6.58 Å². The van der Waals surface area contributed by atoms with Crippen LogP contribution in [-0.2, 0) is 17.8 Å². The third kappa shape index (κ3) is 2.76. The van der Waals surface area contributed by atoms with Crippen molar-refractivity contribution < 1.29 is 14.6 Å². The van der Waals surface area contributed by atoms with Crippen molar-refractivity contribution in [2.75, 3.05) is 7.11 Å². The van der Waals surface area contributed by atoms with Crippen molar-refractivity contribution in [1.82, 2.24) is 5.32 Å². The second kappa shape index (κ2) is 5.80. The van der Waals surface area contributed by atoms with Gasteiger partial charge in [-0.1, -0.05) is 6.08 Å². The van der Waals surface area contributed by atoms with E-state index in [0.29, 0.717) is 25.1 Å². The number of carbonyl (C=O) groups excluding carboxylic acids is 1. The molecule has 0 saturated heterocycles. The third-order valence-corrected chi connectivity index (χ3v) is 2.19. The van der Waals surface area contributed by atoms with E-state index < -0.39 is 0 Å². The van der Waals surface area contributed by atoms with Gasteiger partial charge in [-0.25, -0.2) is 0 Å². The molecule has 2 N–H and O–H groups in total. The molecule has 0 fully saturated rings. The van der Waals surface area contributed by atoms with Crippen LogP contribution in [0.4, 0.5) is 0 Å². The maximum absolute atomic E-state index is 10.2. The van der Waals surface area contributed by atoms with E-state index in [2.05, 4.69) is 11.9 Å². The lowest BCUT2D eigenvalue weighted by Gasteiger charge is -2.10. The first kappa shape index (κ1) is 12.1. The molecule has 0 aliphatic carbocycles. The second-order valence-electron chi connectivity index (χ2n) is 3.30. The van der Waals surface area contributed by atoms with E-state index in [4.69, 9.17) is 4.74 Å². The Balaban J connectivity index is 3.06. The average Bonchev–Trinajstić information content (AvgIpc) is 2.30. The largest absolute Gasteiger partial charge is 0.504 e. The molecule has 0 spiro atoms. The van der Waals surface area contributed by atoms with Gasteiger partial charge in [-0.05, 0) is 24.1 Å². The van der Waals surface area contributed by atoms with Gasteiger partial charge in [0.05, 0.1) is 7.11 Å². The van der Waals surface area contributed by atoms with Crippen molar-refractivity contribution in [2.24, 2.45) is 0 Å². The summed E-state index contributed by atoms with van der Waals surface area (Å²) in [6.45, 7) is 4.03. The Kier molecular flexibility index (Phi) is 4.39. The van der Waals surface area contributed by atoms with E-state index in [9.17, 15) is 9.90 Å². The maximum Gasteiger partial charge on any atom is 0.207 e. The van der Waals surface area contributed by atoms with Crippen molar-refractivity contribution in [3.05, 3.63) is 35.9 Å². The molecule has 0 bridgehead atoms. The quantitative estimate of drug-likeness (QED) is 0.563. The van der Waals surface area contributed by atoms with Gasteiger partial charge in [0.1, 0.15) is 0 Å². The van der Waals surface area contributed by atoms with E-state index in [1.165, 1.54) is 7.11 Å². The van der Waals surface area contributed by atoms with Gasteiger partial charge in [0.15, 0.2) is 11.5 Å². The number of carbonyl (C=O) groups is 1. The highest BCUT2D eigenvalue weighted by Gasteiger charge is 2.09. The molecule has 1 aromatic carbocycles. The van der Waals surface area contributed by atoms with Gasteiger partial charge >= 0.3 is 0 Å². The SMILES string of the molecule is C=CCc1cc(CNC=O)cc(OC)c1O. The lowest BCUT2D eigenvalue weighted by atomic mass is 10.1. The summed E-state index contributed by atoms with van der Waals surface area (Å²) in [5.74, 6) is 0.527. The van der Waals surface area contributed by atoms with E-state index >= 15 is 0 Å². The van der Waals surface area contributed by atoms with Crippen molar-refractivity contribution in [3.63, 3.8) is 0 Å². The lowest BCUT2D eigenvalue weighted by molar-refractivity contribution is -0.109. The summed E-state index contributed by atoms with van der Waals surface area (Å²) < 4.78 is 5.05. The summed E-state index contributed by atoms with van der Waals surface area (Å²) in [5, 5.41) is 12.4. The highest BCUT2D eigenvalue weighted by molar-refractivity contribution is 5.51. The number of rotatable bonds is 6. The maximum atomic E-state index is 10.2. The molecular weight excluding hydrogens is 206 g/mol. The number of nitrogens with one attached hydrogen (secondary N) is 1. The second-order valence-corrected chi connectivity index (χ2v) is 3.30. The fraction of sp³-hybridized carbons (Fsp3) is 0.250. The first-order valence-corrected chi connectivity index (χ1v) is 4.89. The monoisotopic (exact) mass is 221 g/mol. The zero-order valence-electron chi connectivity index (χ0n) is 9.19. The Labute approximate surface area is 94.6 Å². The topological polar surface area (TPSA) is 58.6 Å². The van der Waals surface area contributed by atoms with Gasteiger partial charge in [-0.3, -0.25) is 4.79 Å². The molecule has 0 aliphatic rings. The van der Waals surface area contributed by atoms with Gasteiger partial charge in [-0.2, -0.15) is 0 Å². The van der Waals surface area contributed by atoms with Gasteiger partial charge in [0.25, 0.3) is 0 Å². The number of hydrogen-bond acceptors (Lipinski definition) is 3. The van der Waals surface area contributed by atoms with E-state index in [1.807, 2.05) is 6.07 Å². The van der Waals surface area contributed by atoms with Crippen LogP contribution in [-0.4, -0.2) is 18.6 Å². The molecule has 4 nitrogen and oxygen atoms in total. The predicted octanol–water partition coefficient (Wildman–Crippen LogP) is 1.38. The molecule has 1 amide bonds. The van der Waals surface area contributed by atoms with Crippen LogP contribution in [0.5, 0.6) is 11.5 Å². The molecule has 1 aromatic rings. The molecule has 86 valence electrons.